The summed E-state index contributed by atoms with van der Waals surface area (Å²) in [5, 5.41) is 11.8. The number of carbonyl (C=O) groups is 1. The molecule has 1 aromatic rings. The highest BCUT2D eigenvalue weighted by Gasteiger charge is 2.17. The summed E-state index contributed by atoms with van der Waals surface area (Å²) in [5.74, 6) is 0.766. The Labute approximate surface area is 121 Å². The molecule has 0 bridgehead atoms. The standard InChI is InChI=1S/C16H25NO3/c1-13-5-4-6-14(11-13)20-10-7-15(19)17-12-16(2,3)8-9-18/h4-6,11,18H,7-10,12H2,1-3H3,(H,17,19). The fourth-order valence-electron chi connectivity index (χ4n) is 1.78. The van der Waals surface area contributed by atoms with E-state index in [1.807, 2.05) is 45.0 Å². The summed E-state index contributed by atoms with van der Waals surface area (Å²) in [6.07, 6.45) is 1.01. The normalized spacial score (nSPS) is 11.2. The maximum absolute atomic E-state index is 11.7. The largest absolute Gasteiger partial charge is 0.493 e. The van der Waals surface area contributed by atoms with Gasteiger partial charge in [0, 0.05) is 13.2 Å². The Kier molecular flexibility index (Phi) is 6.52. The average molecular weight is 279 g/mol. The zero-order valence-corrected chi connectivity index (χ0v) is 12.6. The Morgan fingerprint density at radius 1 is 1.40 bits per heavy atom. The second-order valence-electron chi connectivity index (χ2n) is 5.83. The van der Waals surface area contributed by atoms with Gasteiger partial charge in [0.25, 0.3) is 0 Å². The van der Waals surface area contributed by atoms with Crippen LogP contribution >= 0.6 is 0 Å². The number of hydrogen-bond donors (Lipinski definition) is 2. The van der Waals surface area contributed by atoms with Crippen LogP contribution in [0.1, 0.15) is 32.3 Å². The first-order chi connectivity index (χ1) is 9.43. The summed E-state index contributed by atoms with van der Waals surface area (Å²) < 4.78 is 5.54. The number of aliphatic hydroxyl groups excluding tert-OH is 1. The van der Waals surface area contributed by atoms with E-state index in [1.165, 1.54) is 0 Å². The third-order valence-corrected chi connectivity index (χ3v) is 3.14. The van der Waals surface area contributed by atoms with Crippen molar-refractivity contribution in [2.24, 2.45) is 5.41 Å². The Hall–Kier alpha value is -1.55. The van der Waals surface area contributed by atoms with E-state index in [-0.39, 0.29) is 17.9 Å². The van der Waals surface area contributed by atoms with Crippen LogP contribution < -0.4 is 10.1 Å². The number of rotatable bonds is 8. The molecule has 0 heterocycles. The quantitative estimate of drug-likeness (QED) is 0.767. The predicted octanol–water partition coefficient (Wildman–Crippen LogP) is 2.29. The lowest BCUT2D eigenvalue weighted by Crippen LogP contribution is -2.35. The van der Waals surface area contributed by atoms with Gasteiger partial charge in [-0.15, -0.1) is 0 Å². The topological polar surface area (TPSA) is 58.6 Å². The molecule has 0 unspecified atom stereocenters. The molecule has 0 saturated carbocycles. The van der Waals surface area contributed by atoms with Gasteiger partial charge in [-0.25, -0.2) is 0 Å². The van der Waals surface area contributed by atoms with Gasteiger partial charge in [0.15, 0.2) is 0 Å². The number of amides is 1. The Morgan fingerprint density at radius 3 is 2.80 bits per heavy atom. The van der Waals surface area contributed by atoms with E-state index in [1.54, 1.807) is 0 Å². The minimum absolute atomic E-state index is 0.0244. The van der Waals surface area contributed by atoms with E-state index in [0.717, 1.165) is 11.3 Å². The number of aryl methyl sites for hydroxylation is 1. The van der Waals surface area contributed by atoms with E-state index in [4.69, 9.17) is 9.84 Å². The Balaban J connectivity index is 2.23. The second kappa shape index (κ2) is 7.90. The van der Waals surface area contributed by atoms with Crippen molar-refractivity contribution in [2.45, 2.75) is 33.6 Å². The van der Waals surface area contributed by atoms with Gasteiger partial charge in [-0.05, 0) is 36.5 Å². The molecule has 0 aliphatic carbocycles. The monoisotopic (exact) mass is 279 g/mol. The summed E-state index contributed by atoms with van der Waals surface area (Å²) in [6.45, 7) is 7.12. The molecule has 0 radical (unpaired) electrons. The lowest BCUT2D eigenvalue weighted by atomic mass is 9.90. The minimum Gasteiger partial charge on any atom is -0.493 e. The lowest BCUT2D eigenvalue weighted by molar-refractivity contribution is -0.122. The van der Waals surface area contributed by atoms with Crippen molar-refractivity contribution in [3.63, 3.8) is 0 Å². The van der Waals surface area contributed by atoms with Crippen LogP contribution in [0.4, 0.5) is 0 Å². The third kappa shape index (κ3) is 6.57. The van der Waals surface area contributed by atoms with Crippen molar-refractivity contribution in [1.29, 1.82) is 0 Å². The molecule has 1 rings (SSSR count). The molecule has 0 fully saturated rings. The van der Waals surface area contributed by atoms with E-state index in [0.29, 0.717) is 26.0 Å². The first-order valence-corrected chi connectivity index (χ1v) is 7.00. The highest BCUT2D eigenvalue weighted by Crippen LogP contribution is 2.18. The molecular formula is C16H25NO3. The molecule has 0 aliphatic heterocycles. The van der Waals surface area contributed by atoms with Crippen LogP contribution in [0.25, 0.3) is 0 Å². The van der Waals surface area contributed by atoms with Crippen LogP contribution in [0.5, 0.6) is 5.75 Å². The van der Waals surface area contributed by atoms with Gasteiger partial charge in [0.1, 0.15) is 5.75 Å². The first kappa shape index (κ1) is 16.5. The first-order valence-electron chi connectivity index (χ1n) is 7.00. The van der Waals surface area contributed by atoms with E-state index >= 15 is 0 Å². The molecule has 20 heavy (non-hydrogen) atoms. The summed E-state index contributed by atoms with van der Waals surface area (Å²) in [7, 11) is 0. The highest BCUT2D eigenvalue weighted by atomic mass is 16.5. The van der Waals surface area contributed by atoms with Crippen LogP contribution in [0.3, 0.4) is 0 Å². The van der Waals surface area contributed by atoms with Gasteiger partial charge >= 0.3 is 0 Å². The van der Waals surface area contributed by atoms with Gasteiger partial charge in [-0.2, -0.15) is 0 Å². The summed E-state index contributed by atoms with van der Waals surface area (Å²) in [6, 6.07) is 7.77. The molecule has 4 nitrogen and oxygen atoms in total. The molecule has 2 N–H and O–H groups in total. The van der Waals surface area contributed by atoms with Crippen molar-refractivity contribution in [3.05, 3.63) is 29.8 Å². The van der Waals surface area contributed by atoms with Gasteiger partial charge in [0.05, 0.1) is 13.0 Å². The molecule has 0 saturated heterocycles. The number of hydrogen-bond acceptors (Lipinski definition) is 3. The molecule has 1 aromatic carbocycles. The number of benzene rings is 1. The van der Waals surface area contributed by atoms with Crippen molar-refractivity contribution in [1.82, 2.24) is 5.32 Å². The fraction of sp³-hybridized carbons (Fsp3) is 0.562. The number of ether oxygens (including phenoxy) is 1. The van der Waals surface area contributed by atoms with Gasteiger partial charge in [-0.3, -0.25) is 4.79 Å². The summed E-state index contributed by atoms with van der Waals surface area (Å²) >= 11 is 0. The molecular weight excluding hydrogens is 254 g/mol. The SMILES string of the molecule is Cc1cccc(OCCC(=O)NCC(C)(C)CCO)c1. The van der Waals surface area contributed by atoms with Crippen molar-refractivity contribution in [2.75, 3.05) is 19.8 Å². The van der Waals surface area contributed by atoms with Crippen LogP contribution in [-0.4, -0.2) is 30.8 Å². The Morgan fingerprint density at radius 2 is 2.15 bits per heavy atom. The van der Waals surface area contributed by atoms with Crippen LogP contribution in [-0.2, 0) is 4.79 Å². The van der Waals surface area contributed by atoms with E-state index in [2.05, 4.69) is 5.32 Å². The van der Waals surface area contributed by atoms with Crippen LogP contribution in [0, 0.1) is 12.3 Å². The third-order valence-electron chi connectivity index (χ3n) is 3.14. The zero-order chi connectivity index (χ0) is 15.0. The predicted molar refractivity (Wildman–Crippen MR) is 79.8 cm³/mol. The van der Waals surface area contributed by atoms with Gasteiger partial charge in [-0.1, -0.05) is 26.0 Å². The number of carbonyl (C=O) groups excluding carboxylic acids is 1. The van der Waals surface area contributed by atoms with E-state index in [9.17, 15) is 4.79 Å². The second-order valence-corrected chi connectivity index (χ2v) is 5.83. The smallest absolute Gasteiger partial charge is 0.223 e. The highest BCUT2D eigenvalue weighted by molar-refractivity contribution is 5.76. The zero-order valence-electron chi connectivity index (χ0n) is 12.6. The lowest BCUT2D eigenvalue weighted by Gasteiger charge is -2.23. The molecule has 1 amide bonds. The number of aliphatic hydroxyl groups is 1. The molecule has 0 spiro atoms. The van der Waals surface area contributed by atoms with Gasteiger partial charge < -0.3 is 15.2 Å². The van der Waals surface area contributed by atoms with Crippen LogP contribution in [0.15, 0.2) is 24.3 Å². The van der Waals surface area contributed by atoms with Crippen molar-refractivity contribution < 1.29 is 14.6 Å². The minimum atomic E-state index is -0.0815. The van der Waals surface area contributed by atoms with Crippen molar-refractivity contribution in [3.8, 4) is 5.75 Å². The van der Waals surface area contributed by atoms with Gasteiger partial charge in [0.2, 0.25) is 5.91 Å². The summed E-state index contributed by atoms with van der Waals surface area (Å²) in [5.41, 5.74) is 1.06. The molecule has 0 aliphatic rings. The molecule has 112 valence electrons. The average Bonchev–Trinajstić information content (AvgIpc) is 2.37. The Bertz CT molecular complexity index is 429. The summed E-state index contributed by atoms with van der Waals surface area (Å²) in [4.78, 5) is 11.7. The molecule has 4 heteroatoms. The maximum Gasteiger partial charge on any atom is 0.223 e. The molecule has 0 aromatic heterocycles. The number of nitrogens with one attached hydrogen (secondary N) is 1. The van der Waals surface area contributed by atoms with Crippen molar-refractivity contribution >= 4 is 5.91 Å². The molecule has 0 atom stereocenters. The maximum atomic E-state index is 11.7. The van der Waals surface area contributed by atoms with E-state index < -0.39 is 0 Å². The fourth-order valence-corrected chi connectivity index (χ4v) is 1.78. The van der Waals surface area contributed by atoms with Crippen LogP contribution in [0.2, 0.25) is 0 Å².